The first kappa shape index (κ1) is 13.0. The van der Waals surface area contributed by atoms with Crippen molar-refractivity contribution in [2.24, 2.45) is 5.92 Å². The number of carbonyl (C=O) groups excluding carboxylic acids is 1. The van der Waals surface area contributed by atoms with Crippen molar-refractivity contribution in [3.63, 3.8) is 0 Å². The molecule has 2 atom stereocenters. The van der Waals surface area contributed by atoms with Crippen LogP contribution in [0.3, 0.4) is 0 Å². The Labute approximate surface area is 108 Å². The van der Waals surface area contributed by atoms with Gasteiger partial charge in [-0.15, -0.1) is 0 Å². The molecule has 0 bridgehead atoms. The lowest BCUT2D eigenvalue weighted by molar-refractivity contribution is -0.386. The summed E-state index contributed by atoms with van der Waals surface area (Å²) in [5.74, 6) is 0.731. The molecule has 1 heterocycles. The van der Waals surface area contributed by atoms with Gasteiger partial charge in [-0.2, -0.15) is 11.8 Å². The van der Waals surface area contributed by atoms with Crippen molar-refractivity contribution in [3.05, 3.63) is 39.9 Å². The predicted molar refractivity (Wildman–Crippen MR) is 68.5 cm³/mol. The topological polar surface area (TPSA) is 80.4 Å². The molecule has 1 aromatic rings. The fraction of sp³-hybridized carbons (Fsp3) is 0.417. The summed E-state index contributed by atoms with van der Waals surface area (Å²) in [4.78, 5) is 22.1. The van der Waals surface area contributed by atoms with E-state index in [1.807, 2.05) is 0 Å². The van der Waals surface area contributed by atoms with Crippen LogP contribution in [-0.4, -0.2) is 27.3 Å². The van der Waals surface area contributed by atoms with Gasteiger partial charge in [0.2, 0.25) is 0 Å². The highest BCUT2D eigenvalue weighted by Gasteiger charge is 2.33. The largest absolute Gasteiger partial charge is 0.387 e. The average Bonchev–Trinajstić information content (AvgIpc) is 2.38. The highest BCUT2D eigenvalue weighted by atomic mass is 32.2. The Morgan fingerprint density at radius 1 is 1.44 bits per heavy atom. The van der Waals surface area contributed by atoms with E-state index in [-0.39, 0.29) is 17.0 Å². The number of nitrogens with zero attached hydrogens (tertiary/aromatic N) is 1. The van der Waals surface area contributed by atoms with E-state index in [0.717, 1.165) is 5.75 Å². The Bertz CT molecular complexity index is 477. The van der Waals surface area contributed by atoms with Crippen molar-refractivity contribution in [1.29, 1.82) is 0 Å². The summed E-state index contributed by atoms with van der Waals surface area (Å²) in [6.07, 6.45) is -0.667. The Hall–Kier alpha value is -1.40. The van der Waals surface area contributed by atoms with Gasteiger partial charge in [-0.25, -0.2) is 0 Å². The average molecular weight is 267 g/mol. The minimum Gasteiger partial charge on any atom is -0.387 e. The molecule has 5 nitrogen and oxygen atoms in total. The number of rotatable bonds is 3. The van der Waals surface area contributed by atoms with Crippen LogP contribution in [0.1, 0.15) is 18.1 Å². The highest BCUT2D eigenvalue weighted by molar-refractivity contribution is 7.99. The summed E-state index contributed by atoms with van der Waals surface area (Å²) in [6, 6.07) is 6.03. The van der Waals surface area contributed by atoms with Gasteiger partial charge in [-0.05, 0) is 6.07 Å². The Morgan fingerprint density at radius 3 is 2.83 bits per heavy atom. The number of hydrogen-bond donors (Lipinski definition) is 1. The molecule has 0 radical (unpaired) electrons. The zero-order chi connectivity index (χ0) is 13.1. The summed E-state index contributed by atoms with van der Waals surface area (Å²) in [6.45, 7) is 0. The minimum absolute atomic E-state index is 0.0144. The van der Waals surface area contributed by atoms with E-state index in [1.165, 1.54) is 12.1 Å². The molecule has 0 amide bonds. The zero-order valence-electron chi connectivity index (χ0n) is 9.61. The third-order valence-electron chi connectivity index (χ3n) is 3.04. The van der Waals surface area contributed by atoms with Crippen LogP contribution in [0, 0.1) is 16.0 Å². The second kappa shape index (κ2) is 5.49. The molecule has 0 unspecified atom stereocenters. The number of para-hydroxylation sites is 1. The van der Waals surface area contributed by atoms with E-state index in [9.17, 15) is 20.0 Å². The van der Waals surface area contributed by atoms with Crippen LogP contribution in [0.4, 0.5) is 5.69 Å². The van der Waals surface area contributed by atoms with Crippen LogP contribution in [0.15, 0.2) is 24.3 Å². The Kier molecular flexibility index (Phi) is 3.98. The number of hydrogen-bond acceptors (Lipinski definition) is 5. The molecule has 6 heteroatoms. The second-order valence-electron chi connectivity index (χ2n) is 4.16. The first-order valence-electron chi connectivity index (χ1n) is 5.63. The third-order valence-corrected chi connectivity index (χ3v) is 4.12. The molecule has 0 spiro atoms. The van der Waals surface area contributed by atoms with Crippen molar-refractivity contribution in [3.8, 4) is 0 Å². The van der Waals surface area contributed by atoms with Crippen molar-refractivity contribution in [2.75, 3.05) is 11.5 Å². The molecule has 1 N–H and O–H groups in total. The summed E-state index contributed by atoms with van der Waals surface area (Å²) in [5.41, 5.74) is 0.0942. The number of thioether (sulfide) groups is 1. The van der Waals surface area contributed by atoms with Crippen LogP contribution < -0.4 is 0 Å². The van der Waals surface area contributed by atoms with E-state index in [1.54, 1.807) is 23.9 Å². The summed E-state index contributed by atoms with van der Waals surface area (Å²) >= 11 is 1.59. The summed E-state index contributed by atoms with van der Waals surface area (Å²) in [5, 5.41) is 21.1. The number of aliphatic hydroxyl groups is 1. The van der Waals surface area contributed by atoms with Crippen molar-refractivity contribution < 1.29 is 14.8 Å². The maximum atomic E-state index is 11.7. The molecule has 1 saturated heterocycles. The molecular formula is C12H13NO4S. The van der Waals surface area contributed by atoms with Crippen molar-refractivity contribution in [1.82, 2.24) is 0 Å². The number of Topliss-reactive ketones (excluding diaryl/α,β-unsaturated/α-hetero) is 1. The smallest absolute Gasteiger partial charge is 0.275 e. The zero-order valence-corrected chi connectivity index (χ0v) is 10.4. The van der Waals surface area contributed by atoms with Gasteiger partial charge in [0.1, 0.15) is 5.78 Å². The van der Waals surface area contributed by atoms with Crippen molar-refractivity contribution in [2.45, 2.75) is 12.5 Å². The van der Waals surface area contributed by atoms with E-state index in [0.29, 0.717) is 12.2 Å². The van der Waals surface area contributed by atoms with Gasteiger partial charge in [0.15, 0.2) is 0 Å². The monoisotopic (exact) mass is 267 g/mol. The SMILES string of the molecule is O=C1CCSC[C@@H]1[C@H](O)c1ccccc1[N+](=O)[O-]. The number of ketones is 1. The van der Waals surface area contributed by atoms with Crippen LogP contribution in [0.25, 0.3) is 0 Å². The lowest BCUT2D eigenvalue weighted by Crippen LogP contribution is -2.28. The number of aliphatic hydroxyl groups excluding tert-OH is 1. The normalized spacial score (nSPS) is 21.6. The van der Waals surface area contributed by atoms with Gasteiger partial charge in [-0.3, -0.25) is 14.9 Å². The maximum absolute atomic E-state index is 11.7. The van der Waals surface area contributed by atoms with Crippen LogP contribution in [0.5, 0.6) is 0 Å². The molecule has 2 rings (SSSR count). The summed E-state index contributed by atoms with van der Waals surface area (Å²) < 4.78 is 0. The van der Waals surface area contributed by atoms with Crippen LogP contribution in [0.2, 0.25) is 0 Å². The summed E-state index contributed by atoms with van der Waals surface area (Å²) in [7, 11) is 0. The van der Waals surface area contributed by atoms with E-state index in [2.05, 4.69) is 0 Å². The molecule has 18 heavy (non-hydrogen) atoms. The van der Waals surface area contributed by atoms with Gasteiger partial charge in [-0.1, -0.05) is 12.1 Å². The Balaban J connectivity index is 2.30. The first-order chi connectivity index (χ1) is 8.61. The first-order valence-corrected chi connectivity index (χ1v) is 6.78. The molecule has 1 aromatic carbocycles. The van der Waals surface area contributed by atoms with Crippen molar-refractivity contribution >= 4 is 23.2 Å². The van der Waals surface area contributed by atoms with Crippen LogP contribution >= 0.6 is 11.8 Å². The standard InChI is InChI=1S/C12H13NO4S/c14-11-5-6-18-7-9(11)12(15)8-3-1-2-4-10(8)13(16)17/h1-4,9,12,15H,5-7H2/t9-,12+/m0/s1. The lowest BCUT2D eigenvalue weighted by atomic mass is 9.91. The van der Waals surface area contributed by atoms with E-state index >= 15 is 0 Å². The second-order valence-corrected chi connectivity index (χ2v) is 5.31. The molecular weight excluding hydrogens is 254 g/mol. The van der Waals surface area contributed by atoms with E-state index < -0.39 is 16.9 Å². The maximum Gasteiger partial charge on any atom is 0.275 e. The van der Waals surface area contributed by atoms with Gasteiger partial charge in [0.25, 0.3) is 5.69 Å². The fourth-order valence-electron chi connectivity index (χ4n) is 2.05. The fourth-order valence-corrected chi connectivity index (χ4v) is 3.18. The van der Waals surface area contributed by atoms with Gasteiger partial charge in [0.05, 0.1) is 22.5 Å². The molecule has 96 valence electrons. The quantitative estimate of drug-likeness (QED) is 0.668. The number of nitro groups is 1. The lowest BCUT2D eigenvalue weighted by Gasteiger charge is -2.25. The predicted octanol–water partition coefficient (Wildman–Crippen LogP) is 1.95. The molecule has 1 aliphatic heterocycles. The molecule has 0 aromatic heterocycles. The van der Waals surface area contributed by atoms with Crippen LogP contribution in [-0.2, 0) is 4.79 Å². The van der Waals surface area contributed by atoms with Gasteiger partial charge < -0.3 is 5.11 Å². The molecule has 0 aliphatic carbocycles. The molecule has 0 saturated carbocycles. The third kappa shape index (κ3) is 2.54. The van der Waals surface area contributed by atoms with Gasteiger partial charge >= 0.3 is 0 Å². The molecule has 1 aliphatic rings. The number of nitro benzene ring substituents is 1. The number of benzene rings is 1. The Morgan fingerprint density at radius 2 is 2.17 bits per heavy atom. The van der Waals surface area contributed by atoms with E-state index in [4.69, 9.17) is 0 Å². The highest BCUT2D eigenvalue weighted by Crippen LogP contribution is 2.34. The molecule has 1 fully saturated rings. The van der Waals surface area contributed by atoms with Gasteiger partial charge in [0, 0.05) is 24.0 Å². The number of carbonyl (C=O) groups is 1. The minimum atomic E-state index is -1.09.